The molecule has 1 aromatic carbocycles. The summed E-state index contributed by atoms with van der Waals surface area (Å²) < 4.78 is 37.9. The lowest BCUT2D eigenvalue weighted by Crippen LogP contribution is -2.50. The number of hydrogen-bond donors (Lipinski definition) is 0. The number of aromatic amines is 1. The first-order valence-corrected chi connectivity index (χ1v) is 8.50. The highest BCUT2D eigenvalue weighted by Crippen LogP contribution is 2.28. The number of benzene rings is 1. The largest absolute Gasteiger partial charge is 0.419 e. The second-order valence-corrected chi connectivity index (χ2v) is 6.49. The standard InChI is InChI=1S/C19H20F3N3O/c1-14-2-4-15(5-3-14)12-18(26)25-10-8-24(9-11-25)17-7-6-16(13-23-17)19(20,21)22/h2-7,13H,8-12H2,1H3/p+1. The Balaban J connectivity index is 1.55. The van der Waals surface area contributed by atoms with Gasteiger partial charge in [0.05, 0.1) is 25.1 Å². The van der Waals surface area contributed by atoms with Crippen molar-refractivity contribution >= 4 is 11.7 Å². The van der Waals surface area contributed by atoms with Gasteiger partial charge in [0.15, 0.2) is 0 Å². The minimum Gasteiger partial charge on any atom is -0.335 e. The van der Waals surface area contributed by atoms with Crippen molar-refractivity contribution in [2.75, 3.05) is 31.1 Å². The summed E-state index contributed by atoms with van der Waals surface area (Å²) >= 11 is 0. The maximum Gasteiger partial charge on any atom is 0.419 e. The Hall–Kier alpha value is -2.57. The number of carbonyl (C=O) groups is 1. The number of H-pyrrole nitrogens is 1. The molecule has 0 bridgehead atoms. The summed E-state index contributed by atoms with van der Waals surface area (Å²) in [6.07, 6.45) is -3.01. The minimum absolute atomic E-state index is 0.0740. The van der Waals surface area contributed by atoms with E-state index in [0.29, 0.717) is 38.4 Å². The van der Waals surface area contributed by atoms with Crippen molar-refractivity contribution in [1.82, 2.24) is 4.90 Å². The zero-order valence-electron chi connectivity index (χ0n) is 14.5. The summed E-state index contributed by atoms with van der Waals surface area (Å²) in [5, 5.41) is 0. The third kappa shape index (κ3) is 4.33. The van der Waals surface area contributed by atoms with Crippen molar-refractivity contribution in [2.45, 2.75) is 19.5 Å². The van der Waals surface area contributed by atoms with Crippen LogP contribution in [0.4, 0.5) is 19.0 Å². The van der Waals surface area contributed by atoms with Gasteiger partial charge in [-0.1, -0.05) is 29.8 Å². The van der Waals surface area contributed by atoms with Crippen LogP contribution >= 0.6 is 0 Å². The molecular formula is C19H21F3N3O+. The molecule has 138 valence electrons. The number of nitrogens with one attached hydrogen (secondary N) is 1. The molecule has 1 aromatic heterocycles. The highest BCUT2D eigenvalue weighted by atomic mass is 19.4. The summed E-state index contributed by atoms with van der Waals surface area (Å²) in [5.41, 5.74) is 1.44. The van der Waals surface area contributed by atoms with Crippen LogP contribution in [0.3, 0.4) is 0 Å². The van der Waals surface area contributed by atoms with E-state index in [1.807, 2.05) is 36.1 Å². The van der Waals surface area contributed by atoms with Gasteiger partial charge in [-0.2, -0.15) is 13.2 Å². The lowest BCUT2D eigenvalue weighted by Gasteiger charge is -2.31. The van der Waals surface area contributed by atoms with E-state index in [1.54, 1.807) is 4.90 Å². The maximum atomic E-state index is 12.6. The lowest BCUT2D eigenvalue weighted by atomic mass is 10.1. The Kier molecular flexibility index (Phi) is 5.15. The molecule has 2 aromatic rings. The number of anilines is 1. The molecule has 0 radical (unpaired) electrons. The number of hydrogen-bond acceptors (Lipinski definition) is 2. The van der Waals surface area contributed by atoms with Gasteiger partial charge in [-0.25, -0.2) is 4.98 Å². The fourth-order valence-corrected chi connectivity index (χ4v) is 2.98. The van der Waals surface area contributed by atoms with E-state index in [2.05, 4.69) is 4.98 Å². The van der Waals surface area contributed by atoms with Gasteiger partial charge in [-0.3, -0.25) is 9.69 Å². The van der Waals surface area contributed by atoms with Crippen LogP contribution < -0.4 is 9.88 Å². The van der Waals surface area contributed by atoms with E-state index in [1.165, 1.54) is 6.07 Å². The SMILES string of the molecule is Cc1ccc(CC(=O)N2CCN(c3ccc(C(F)(F)F)c[nH+]3)CC2)cc1. The van der Waals surface area contributed by atoms with E-state index in [0.717, 1.165) is 23.4 Å². The second kappa shape index (κ2) is 7.35. The molecule has 7 heteroatoms. The molecule has 4 nitrogen and oxygen atoms in total. The van der Waals surface area contributed by atoms with Gasteiger partial charge >= 0.3 is 6.18 Å². The van der Waals surface area contributed by atoms with E-state index >= 15 is 0 Å². The molecule has 1 amide bonds. The fraction of sp³-hybridized carbons (Fsp3) is 0.368. The van der Waals surface area contributed by atoms with Gasteiger partial charge in [0.2, 0.25) is 5.91 Å². The van der Waals surface area contributed by atoms with E-state index in [9.17, 15) is 18.0 Å². The molecule has 26 heavy (non-hydrogen) atoms. The van der Waals surface area contributed by atoms with Crippen molar-refractivity contribution in [2.24, 2.45) is 0 Å². The molecule has 1 fully saturated rings. The predicted octanol–water partition coefficient (Wildman–Crippen LogP) is 2.72. The number of rotatable bonds is 3. The van der Waals surface area contributed by atoms with Crippen LogP contribution in [0.5, 0.6) is 0 Å². The zero-order chi connectivity index (χ0) is 18.7. The molecule has 0 atom stereocenters. The average Bonchev–Trinajstić information content (AvgIpc) is 2.63. The van der Waals surface area contributed by atoms with Gasteiger partial charge in [0.1, 0.15) is 19.3 Å². The van der Waals surface area contributed by atoms with Gasteiger partial charge in [0, 0.05) is 6.07 Å². The topological polar surface area (TPSA) is 37.7 Å². The number of carbonyl (C=O) groups excluding carboxylic acids is 1. The number of nitrogens with zero attached hydrogens (tertiary/aromatic N) is 2. The van der Waals surface area contributed by atoms with Gasteiger partial charge in [0.25, 0.3) is 5.82 Å². The van der Waals surface area contributed by atoms with Crippen molar-refractivity contribution in [3.63, 3.8) is 0 Å². The zero-order valence-corrected chi connectivity index (χ0v) is 14.5. The first-order chi connectivity index (χ1) is 12.3. The van der Waals surface area contributed by atoms with Crippen LogP contribution in [0.25, 0.3) is 0 Å². The number of amides is 1. The van der Waals surface area contributed by atoms with E-state index in [4.69, 9.17) is 0 Å². The Labute approximate surface area is 150 Å². The number of aryl methyl sites for hydroxylation is 1. The van der Waals surface area contributed by atoms with Crippen LogP contribution in [0.2, 0.25) is 0 Å². The monoisotopic (exact) mass is 364 g/mol. The van der Waals surface area contributed by atoms with Crippen molar-refractivity contribution in [1.29, 1.82) is 0 Å². The van der Waals surface area contributed by atoms with Gasteiger partial charge < -0.3 is 4.90 Å². The normalized spacial score (nSPS) is 15.2. The molecule has 0 unspecified atom stereocenters. The van der Waals surface area contributed by atoms with Gasteiger partial charge in [-0.15, -0.1) is 0 Å². The van der Waals surface area contributed by atoms with Crippen LogP contribution in [-0.2, 0) is 17.4 Å². The third-order valence-corrected chi connectivity index (χ3v) is 4.57. The van der Waals surface area contributed by atoms with Crippen LogP contribution in [0.15, 0.2) is 42.6 Å². The van der Waals surface area contributed by atoms with E-state index < -0.39 is 11.7 Å². The molecule has 0 saturated carbocycles. The molecule has 2 heterocycles. The van der Waals surface area contributed by atoms with E-state index in [-0.39, 0.29) is 5.91 Å². The Morgan fingerprint density at radius 1 is 1.04 bits per heavy atom. The second-order valence-electron chi connectivity index (χ2n) is 6.49. The van der Waals surface area contributed by atoms with Crippen molar-refractivity contribution < 1.29 is 22.9 Å². The molecule has 0 aliphatic carbocycles. The minimum atomic E-state index is -4.35. The fourth-order valence-electron chi connectivity index (χ4n) is 2.98. The quantitative estimate of drug-likeness (QED) is 0.840. The third-order valence-electron chi connectivity index (χ3n) is 4.57. The first-order valence-electron chi connectivity index (χ1n) is 8.50. The van der Waals surface area contributed by atoms with Crippen molar-refractivity contribution in [3.8, 4) is 0 Å². The number of alkyl halides is 3. The maximum absolute atomic E-state index is 12.6. The predicted molar refractivity (Wildman–Crippen MR) is 91.7 cm³/mol. The molecular weight excluding hydrogens is 343 g/mol. The molecule has 3 rings (SSSR count). The summed E-state index contributed by atoms with van der Waals surface area (Å²) in [6.45, 7) is 4.28. The highest BCUT2D eigenvalue weighted by Gasteiger charge is 2.33. The van der Waals surface area contributed by atoms with Crippen LogP contribution in [0, 0.1) is 6.92 Å². The summed E-state index contributed by atoms with van der Waals surface area (Å²) in [7, 11) is 0. The molecule has 1 saturated heterocycles. The van der Waals surface area contributed by atoms with Crippen LogP contribution in [-0.4, -0.2) is 37.0 Å². The molecule has 1 aliphatic rings. The van der Waals surface area contributed by atoms with Crippen LogP contribution in [0.1, 0.15) is 16.7 Å². The average molecular weight is 364 g/mol. The Morgan fingerprint density at radius 3 is 2.23 bits per heavy atom. The number of pyridine rings is 1. The van der Waals surface area contributed by atoms with Crippen molar-refractivity contribution in [3.05, 3.63) is 59.3 Å². The summed E-state index contributed by atoms with van der Waals surface area (Å²) in [5.74, 6) is 0.702. The number of aromatic nitrogens is 1. The first kappa shape index (κ1) is 18.2. The Bertz CT molecular complexity index is 749. The molecule has 1 aliphatic heterocycles. The van der Waals surface area contributed by atoms with Gasteiger partial charge in [-0.05, 0) is 18.6 Å². The summed E-state index contributed by atoms with van der Waals surface area (Å²) in [6, 6.07) is 10.4. The lowest BCUT2D eigenvalue weighted by molar-refractivity contribution is -0.367. The highest BCUT2D eigenvalue weighted by molar-refractivity contribution is 5.79. The molecule has 1 N–H and O–H groups in total. The smallest absolute Gasteiger partial charge is 0.335 e. The number of piperazine rings is 1. The summed E-state index contributed by atoms with van der Waals surface area (Å²) in [4.78, 5) is 18.9. The Morgan fingerprint density at radius 2 is 1.69 bits per heavy atom. The number of halogens is 3. The molecule has 0 spiro atoms.